The summed E-state index contributed by atoms with van der Waals surface area (Å²) in [5.74, 6) is 0.0485. The van der Waals surface area contributed by atoms with Crippen molar-refractivity contribution in [2.24, 2.45) is 0 Å². The number of rotatable bonds is 3. The number of carbonyl (C=O) groups is 2. The normalized spacial score (nSPS) is 18.9. The molecule has 3 saturated heterocycles. The van der Waals surface area contributed by atoms with Crippen molar-refractivity contribution in [2.45, 2.75) is 0 Å². The Morgan fingerprint density at radius 2 is 1.16 bits per heavy atom. The molecule has 0 unspecified atom stereocenters. The van der Waals surface area contributed by atoms with Gasteiger partial charge in [0.25, 0.3) is 0 Å². The Morgan fingerprint density at radius 1 is 0.656 bits per heavy atom. The van der Waals surface area contributed by atoms with Gasteiger partial charge in [-0.25, -0.2) is 0 Å². The zero-order valence-electron chi connectivity index (χ0n) is 17.3. The number of hydrogen-bond acceptors (Lipinski definition) is 7. The topological polar surface area (TPSA) is 68.9 Å². The van der Waals surface area contributed by atoms with Crippen LogP contribution in [0.2, 0.25) is 0 Å². The van der Waals surface area contributed by atoms with E-state index in [-0.39, 0.29) is 31.4 Å². The van der Waals surface area contributed by atoms with Gasteiger partial charge in [-0.2, -0.15) is 0 Å². The van der Waals surface area contributed by atoms with E-state index in [0.29, 0.717) is 17.1 Å². The maximum Gasteiger partial charge on any atom is 0.227 e. The molecule has 7 nitrogen and oxygen atoms in total. The summed E-state index contributed by atoms with van der Waals surface area (Å²) in [7, 11) is 0. The number of Topliss-reactive ketones (excluding diaryl/α,β-unsaturated/α-hetero) is 1. The quantitative estimate of drug-likeness (QED) is 0.258. The van der Waals surface area contributed by atoms with Gasteiger partial charge in [-0.05, 0) is 12.1 Å². The Balaban J connectivity index is 0.000000133. The minimum absolute atomic E-state index is 0. The Morgan fingerprint density at radius 3 is 1.66 bits per heavy atom. The average molecular weight is 602 g/mol. The second-order valence-corrected chi connectivity index (χ2v) is 8.10. The van der Waals surface area contributed by atoms with Gasteiger partial charge in [-0.3, -0.25) is 19.6 Å². The zero-order valence-corrected chi connectivity index (χ0v) is 19.9. The van der Waals surface area contributed by atoms with Crippen LogP contribution in [-0.2, 0) is 29.4 Å². The third-order valence-corrected chi connectivity index (χ3v) is 5.83. The number of aromatic nitrogens is 2. The van der Waals surface area contributed by atoms with Crippen molar-refractivity contribution in [3.63, 3.8) is 0 Å². The number of allylic oxidation sites excluding steroid dienone is 1. The first kappa shape index (κ1) is 20.8. The maximum absolute atomic E-state index is 12.4. The molecule has 2 aromatic heterocycles. The molecule has 162 valence electrons. The first-order chi connectivity index (χ1) is 15.2. The van der Waals surface area contributed by atoms with Gasteiger partial charge in [-0.1, -0.05) is 24.3 Å². The molecule has 0 amide bonds. The molecule has 0 N–H and O–H groups in total. The molecule has 32 heavy (non-hydrogen) atoms. The fourth-order valence-corrected chi connectivity index (χ4v) is 3.96. The van der Waals surface area contributed by atoms with E-state index in [0.717, 1.165) is 61.1 Å². The van der Waals surface area contributed by atoms with Crippen LogP contribution in [0, 0.1) is 0 Å². The Hall–Kier alpha value is -3.10. The van der Waals surface area contributed by atoms with Gasteiger partial charge in [0.05, 0.1) is 16.7 Å². The predicted octanol–water partition coefficient (Wildman–Crippen LogP) is 1.96. The van der Waals surface area contributed by atoms with E-state index in [1.807, 2.05) is 26.8 Å². The minimum Gasteiger partial charge on any atom is -0.365 e. The third kappa shape index (κ3) is 3.80. The molecular formula is C24H21N5O2Os. The van der Waals surface area contributed by atoms with Crippen molar-refractivity contribution < 1.29 is 29.4 Å². The van der Waals surface area contributed by atoms with Crippen molar-refractivity contribution in [3.8, 4) is 0 Å². The fraction of sp³-hybridized carbons (Fsp3) is 0.250. The molecule has 1 aliphatic carbocycles. The molecule has 0 bridgehead atoms. The SMILES string of the molecule is O=C1C=C(N2CC2)C(=O)C(N2CC2)=C1N1CC1.[Os].c1cnc2c(c1)ccc1cccnc12. The van der Waals surface area contributed by atoms with E-state index in [1.54, 1.807) is 12.4 Å². The molecule has 3 aliphatic heterocycles. The smallest absolute Gasteiger partial charge is 0.227 e. The molecule has 0 radical (unpaired) electrons. The zero-order chi connectivity index (χ0) is 20.9. The first-order valence-corrected chi connectivity index (χ1v) is 10.6. The number of hydrogen-bond donors (Lipinski definition) is 0. The third-order valence-electron chi connectivity index (χ3n) is 5.83. The second kappa shape index (κ2) is 8.11. The maximum atomic E-state index is 12.4. The Kier molecular flexibility index (Phi) is 5.26. The Bertz CT molecular complexity index is 1250. The molecule has 3 aromatic rings. The van der Waals surface area contributed by atoms with Crippen LogP contribution in [-0.4, -0.2) is 75.5 Å². The predicted molar refractivity (Wildman–Crippen MR) is 117 cm³/mol. The van der Waals surface area contributed by atoms with Crippen LogP contribution < -0.4 is 0 Å². The number of pyridine rings is 2. The van der Waals surface area contributed by atoms with E-state index in [4.69, 9.17) is 0 Å². The van der Waals surface area contributed by atoms with Gasteiger partial charge < -0.3 is 14.7 Å². The molecular weight excluding hydrogens is 581 g/mol. The molecule has 1 aromatic carbocycles. The van der Waals surface area contributed by atoms with E-state index in [9.17, 15) is 9.59 Å². The molecule has 7 rings (SSSR count). The van der Waals surface area contributed by atoms with Crippen LogP contribution in [0.3, 0.4) is 0 Å². The monoisotopic (exact) mass is 603 g/mol. The number of benzene rings is 1. The number of nitrogens with zero attached hydrogens (tertiary/aromatic N) is 5. The summed E-state index contributed by atoms with van der Waals surface area (Å²) >= 11 is 0. The standard InChI is InChI=1S/C12H13N3O2.C12H8N2.Os/c16-9-7-8(13-1-2-13)12(17)11(15-5-6-15)10(9)14-3-4-14;1-3-9-5-6-10-4-2-8-14-12(10)11(9)13-7-1;/h7H,1-6H2;1-8H;. The fourth-order valence-electron chi connectivity index (χ4n) is 3.96. The van der Waals surface area contributed by atoms with Crippen LogP contribution in [0.1, 0.15) is 0 Å². The number of carbonyl (C=O) groups excluding carboxylic acids is 2. The van der Waals surface area contributed by atoms with Gasteiger partial charge in [0.1, 0.15) is 11.4 Å². The Labute approximate surface area is 198 Å². The second-order valence-electron chi connectivity index (χ2n) is 8.10. The molecule has 0 atom stereocenters. The van der Waals surface area contributed by atoms with Gasteiger partial charge >= 0.3 is 0 Å². The summed E-state index contributed by atoms with van der Waals surface area (Å²) in [6.07, 6.45) is 5.13. The van der Waals surface area contributed by atoms with Gasteiger partial charge in [0.15, 0.2) is 0 Å². The first-order valence-electron chi connectivity index (χ1n) is 10.6. The summed E-state index contributed by atoms with van der Waals surface area (Å²) in [5, 5.41) is 2.28. The molecule has 5 heterocycles. The molecule has 8 heteroatoms. The summed E-state index contributed by atoms with van der Waals surface area (Å²) < 4.78 is 0. The summed E-state index contributed by atoms with van der Waals surface area (Å²) in [6.45, 7) is 5.41. The van der Waals surface area contributed by atoms with Crippen molar-refractivity contribution in [1.82, 2.24) is 24.7 Å². The van der Waals surface area contributed by atoms with Crippen LogP contribution in [0.15, 0.2) is 72.0 Å². The summed E-state index contributed by atoms with van der Waals surface area (Å²) in [6, 6.07) is 12.1. The minimum atomic E-state index is 0. The van der Waals surface area contributed by atoms with Crippen molar-refractivity contribution in [3.05, 3.63) is 72.0 Å². The summed E-state index contributed by atoms with van der Waals surface area (Å²) in [5.41, 5.74) is 3.84. The molecule has 4 aliphatic rings. The van der Waals surface area contributed by atoms with Gasteiger partial charge in [-0.15, -0.1) is 0 Å². The molecule has 0 spiro atoms. The number of ketones is 2. The van der Waals surface area contributed by atoms with Crippen LogP contribution in [0.4, 0.5) is 0 Å². The molecule has 3 fully saturated rings. The number of fused-ring (bicyclic) bond motifs is 3. The van der Waals surface area contributed by atoms with Crippen LogP contribution >= 0.6 is 0 Å². The largest absolute Gasteiger partial charge is 0.365 e. The van der Waals surface area contributed by atoms with Crippen LogP contribution in [0.25, 0.3) is 21.8 Å². The van der Waals surface area contributed by atoms with Crippen molar-refractivity contribution in [2.75, 3.05) is 39.3 Å². The van der Waals surface area contributed by atoms with Crippen molar-refractivity contribution >= 4 is 33.4 Å². The summed E-state index contributed by atoms with van der Waals surface area (Å²) in [4.78, 5) is 39.2. The van der Waals surface area contributed by atoms with Gasteiger partial charge in [0, 0.05) is 88.3 Å². The van der Waals surface area contributed by atoms with E-state index in [2.05, 4.69) is 34.2 Å². The van der Waals surface area contributed by atoms with E-state index in [1.165, 1.54) is 6.08 Å². The molecule has 0 saturated carbocycles. The van der Waals surface area contributed by atoms with Crippen molar-refractivity contribution in [1.29, 1.82) is 0 Å². The average Bonchev–Trinajstić information content (AvgIpc) is 3.65. The van der Waals surface area contributed by atoms with Gasteiger partial charge in [0.2, 0.25) is 11.6 Å². The van der Waals surface area contributed by atoms with E-state index < -0.39 is 0 Å². The van der Waals surface area contributed by atoms with E-state index >= 15 is 0 Å². The van der Waals surface area contributed by atoms with Crippen LogP contribution in [0.5, 0.6) is 0 Å².